The second-order valence-corrected chi connectivity index (χ2v) is 6.40. The summed E-state index contributed by atoms with van der Waals surface area (Å²) in [5.41, 5.74) is 0. The second-order valence-electron chi connectivity index (χ2n) is 6.40. The normalized spacial score (nSPS) is 19.6. The lowest BCUT2D eigenvalue weighted by Gasteiger charge is -2.37. The zero-order chi connectivity index (χ0) is 16.4. The van der Waals surface area contributed by atoms with Crippen molar-refractivity contribution in [1.82, 2.24) is 19.8 Å². The van der Waals surface area contributed by atoms with E-state index in [-0.39, 0.29) is 6.03 Å². The van der Waals surface area contributed by atoms with Gasteiger partial charge in [-0.15, -0.1) is 0 Å². The number of aromatic nitrogens is 2. The summed E-state index contributed by atoms with van der Waals surface area (Å²) in [7, 11) is 3.97. The van der Waals surface area contributed by atoms with Gasteiger partial charge >= 0.3 is 6.03 Å². The van der Waals surface area contributed by atoms with Gasteiger partial charge in [-0.1, -0.05) is 0 Å². The molecule has 0 aromatic carbocycles. The molecule has 2 aliphatic heterocycles. The molecule has 2 aliphatic rings. The molecule has 0 spiro atoms. The minimum absolute atomic E-state index is 0.211. The Hall–Kier alpha value is -2.05. The molecule has 0 radical (unpaired) electrons. The zero-order valence-corrected chi connectivity index (χ0v) is 14.3. The number of carbonyl (C=O) groups is 1. The third-order valence-electron chi connectivity index (χ3n) is 4.83. The Morgan fingerprint density at radius 2 is 1.91 bits per heavy atom. The number of rotatable bonds is 4. The first-order valence-corrected chi connectivity index (χ1v) is 8.40. The highest BCUT2D eigenvalue weighted by Crippen LogP contribution is 2.25. The average Bonchev–Trinajstić information content (AvgIpc) is 2.96. The Labute approximate surface area is 137 Å². The smallest absolute Gasteiger partial charge is 0.320 e. The fourth-order valence-electron chi connectivity index (χ4n) is 3.39. The van der Waals surface area contributed by atoms with Gasteiger partial charge in [0, 0.05) is 58.9 Å². The molecular formula is C16H26N6O. The molecular weight excluding hydrogens is 292 g/mol. The van der Waals surface area contributed by atoms with Crippen LogP contribution in [0.1, 0.15) is 19.8 Å². The van der Waals surface area contributed by atoms with Crippen LogP contribution in [-0.2, 0) is 0 Å². The molecule has 7 heteroatoms. The van der Waals surface area contributed by atoms with Gasteiger partial charge in [0.15, 0.2) is 0 Å². The topological polar surface area (TPSA) is 55.8 Å². The van der Waals surface area contributed by atoms with Crippen molar-refractivity contribution in [3.05, 3.63) is 12.4 Å². The van der Waals surface area contributed by atoms with Crippen LogP contribution in [0.25, 0.3) is 0 Å². The molecule has 0 unspecified atom stereocenters. The summed E-state index contributed by atoms with van der Waals surface area (Å²) in [6.45, 7) is 6.46. The fourth-order valence-corrected chi connectivity index (χ4v) is 3.39. The number of urea groups is 1. The van der Waals surface area contributed by atoms with E-state index in [4.69, 9.17) is 0 Å². The lowest BCUT2D eigenvalue weighted by atomic mass is 10.0. The Kier molecular flexibility index (Phi) is 4.54. The summed E-state index contributed by atoms with van der Waals surface area (Å²) >= 11 is 0. The summed E-state index contributed by atoms with van der Waals surface area (Å²) in [6, 6.07) is 2.61. The second kappa shape index (κ2) is 6.60. The molecule has 0 saturated carbocycles. The Balaban J connectivity index is 1.61. The SMILES string of the molecule is CCN1CCN(C2CCN(c3cc(N(C)C)ncn3)CC2)C1=O. The van der Waals surface area contributed by atoms with Gasteiger partial charge in [0.1, 0.15) is 18.0 Å². The molecule has 3 heterocycles. The number of hydrogen-bond donors (Lipinski definition) is 0. The highest BCUT2D eigenvalue weighted by atomic mass is 16.2. The van der Waals surface area contributed by atoms with E-state index >= 15 is 0 Å². The van der Waals surface area contributed by atoms with Crippen LogP contribution in [0, 0.1) is 0 Å². The fraction of sp³-hybridized carbons (Fsp3) is 0.688. The first-order chi connectivity index (χ1) is 11.1. The molecule has 3 rings (SSSR count). The summed E-state index contributed by atoms with van der Waals surface area (Å²) in [6.07, 6.45) is 3.63. The maximum atomic E-state index is 12.3. The van der Waals surface area contributed by atoms with Crippen molar-refractivity contribution in [2.45, 2.75) is 25.8 Å². The number of piperidine rings is 1. The van der Waals surface area contributed by atoms with Gasteiger partial charge in [-0.05, 0) is 19.8 Å². The lowest BCUT2D eigenvalue weighted by molar-refractivity contribution is 0.169. The van der Waals surface area contributed by atoms with E-state index in [0.717, 1.165) is 57.2 Å². The molecule has 126 valence electrons. The van der Waals surface area contributed by atoms with Crippen LogP contribution in [-0.4, -0.2) is 78.7 Å². The van der Waals surface area contributed by atoms with Crippen LogP contribution in [0.15, 0.2) is 12.4 Å². The van der Waals surface area contributed by atoms with Crippen LogP contribution < -0.4 is 9.80 Å². The highest BCUT2D eigenvalue weighted by molar-refractivity contribution is 5.76. The van der Waals surface area contributed by atoms with E-state index in [0.29, 0.717) is 6.04 Å². The first-order valence-electron chi connectivity index (χ1n) is 8.40. The monoisotopic (exact) mass is 318 g/mol. The molecule has 0 N–H and O–H groups in total. The minimum Gasteiger partial charge on any atom is -0.363 e. The Morgan fingerprint density at radius 3 is 2.52 bits per heavy atom. The Morgan fingerprint density at radius 1 is 1.17 bits per heavy atom. The van der Waals surface area contributed by atoms with E-state index in [1.165, 1.54) is 0 Å². The lowest BCUT2D eigenvalue weighted by Crippen LogP contribution is -2.46. The summed E-state index contributed by atoms with van der Waals surface area (Å²) in [5, 5.41) is 0. The zero-order valence-electron chi connectivity index (χ0n) is 14.3. The summed E-state index contributed by atoms with van der Waals surface area (Å²) < 4.78 is 0. The molecule has 1 aromatic heterocycles. The number of anilines is 2. The van der Waals surface area contributed by atoms with Crippen LogP contribution in [0.4, 0.5) is 16.4 Å². The number of amides is 2. The van der Waals surface area contributed by atoms with Crippen LogP contribution in [0.5, 0.6) is 0 Å². The third-order valence-corrected chi connectivity index (χ3v) is 4.83. The van der Waals surface area contributed by atoms with Crippen molar-refractivity contribution < 1.29 is 4.79 Å². The Bertz CT molecular complexity index is 555. The van der Waals surface area contributed by atoms with E-state index in [2.05, 4.69) is 19.8 Å². The van der Waals surface area contributed by atoms with Gasteiger partial charge in [-0.2, -0.15) is 0 Å². The van der Waals surface area contributed by atoms with E-state index < -0.39 is 0 Å². The van der Waals surface area contributed by atoms with Crippen LogP contribution in [0.3, 0.4) is 0 Å². The van der Waals surface area contributed by atoms with E-state index in [9.17, 15) is 4.79 Å². The summed E-state index contributed by atoms with van der Waals surface area (Å²) in [5.74, 6) is 1.90. The van der Waals surface area contributed by atoms with Gasteiger partial charge < -0.3 is 19.6 Å². The van der Waals surface area contributed by atoms with E-state index in [1.54, 1.807) is 6.33 Å². The van der Waals surface area contributed by atoms with Crippen molar-refractivity contribution in [1.29, 1.82) is 0 Å². The van der Waals surface area contributed by atoms with Crippen molar-refractivity contribution in [2.24, 2.45) is 0 Å². The molecule has 1 aromatic rings. The predicted octanol–water partition coefficient (Wildman–Crippen LogP) is 1.27. The number of hydrogen-bond acceptors (Lipinski definition) is 5. The van der Waals surface area contributed by atoms with Crippen molar-refractivity contribution in [3.8, 4) is 0 Å². The van der Waals surface area contributed by atoms with Gasteiger partial charge in [0.05, 0.1) is 0 Å². The predicted molar refractivity (Wildman–Crippen MR) is 90.9 cm³/mol. The van der Waals surface area contributed by atoms with Crippen molar-refractivity contribution in [3.63, 3.8) is 0 Å². The van der Waals surface area contributed by atoms with Crippen LogP contribution >= 0.6 is 0 Å². The molecule has 0 aliphatic carbocycles. The molecule has 2 saturated heterocycles. The van der Waals surface area contributed by atoms with Gasteiger partial charge in [-0.25, -0.2) is 14.8 Å². The number of nitrogens with zero attached hydrogens (tertiary/aromatic N) is 6. The molecule has 0 bridgehead atoms. The number of carbonyl (C=O) groups excluding carboxylic acids is 1. The molecule has 23 heavy (non-hydrogen) atoms. The van der Waals surface area contributed by atoms with E-state index in [1.807, 2.05) is 36.9 Å². The third kappa shape index (κ3) is 3.18. The first kappa shape index (κ1) is 15.8. The molecule has 2 amide bonds. The molecule has 7 nitrogen and oxygen atoms in total. The molecule has 0 atom stereocenters. The van der Waals surface area contributed by atoms with Crippen LogP contribution in [0.2, 0.25) is 0 Å². The average molecular weight is 318 g/mol. The van der Waals surface area contributed by atoms with Gasteiger partial charge in [-0.3, -0.25) is 0 Å². The minimum atomic E-state index is 0.211. The maximum Gasteiger partial charge on any atom is 0.320 e. The summed E-state index contributed by atoms with van der Waals surface area (Å²) in [4.78, 5) is 29.3. The molecule has 2 fully saturated rings. The van der Waals surface area contributed by atoms with Crippen molar-refractivity contribution in [2.75, 3.05) is 56.6 Å². The maximum absolute atomic E-state index is 12.3. The standard InChI is InChI=1S/C16H26N6O/c1-4-20-9-10-22(16(20)23)13-5-7-21(8-6-13)15-11-14(19(2)3)17-12-18-15/h11-13H,4-10H2,1-3H3. The van der Waals surface area contributed by atoms with Gasteiger partial charge in [0.25, 0.3) is 0 Å². The van der Waals surface area contributed by atoms with Crippen molar-refractivity contribution >= 4 is 17.7 Å². The largest absolute Gasteiger partial charge is 0.363 e. The quantitative estimate of drug-likeness (QED) is 0.837. The highest BCUT2D eigenvalue weighted by Gasteiger charge is 2.34. The van der Waals surface area contributed by atoms with Gasteiger partial charge in [0.2, 0.25) is 0 Å². The number of likely N-dealkylation sites (N-methyl/N-ethyl adjacent to an activating group) is 1.